The van der Waals surface area contributed by atoms with Crippen LogP contribution in [0.1, 0.15) is 49.7 Å². The van der Waals surface area contributed by atoms with E-state index in [4.69, 9.17) is 5.11 Å². The number of benzene rings is 1. The summed E-state index contributed by atoms with van der Waals surface area (Å²) in [7, 11) is 1.41. The van der Waals surface area contributed by atoms with Crippen LogP contribution in [0.2, 0.25) is 0 Å². The van der Waals surface area contributed by atoms with Crippen molar-refractivity contribution < 1.29 is 14.6 Å². The number of hydrogen-bond acceptors (Lipinski definition) is 3. The molecular weight excluding hydrogens is 252 g/mol. The van der Waals surface area contributed by atoms with E-state index in [-0.39, 0.29) is 5.97 Å². The Hall–Kier alpha value is -1.35. The molecule has 0 unspecified atom stereocenters. The van der Waals surface area contributed by atoms with Crippen molar-refractivity contribution in [3.05, 3.63) is 35.4 Å². The molecular formula is C17H26O3. The van der Waals surface area contributed by atoms with Crippen LogP contribution >= 0.6 is 0 Å². The minimum absolute atomic E-state index is 0.194. The van der Waals surface area contributed by atoms with Crippen molar-refractivity contribution in [2.75, 3.05) is 13.7 Å². The third kappa shape index (κ3) is 7.29. The van der Waals surface area contributed by atoms with Gasteiger partial charge in [-0.15, -0.1) is 0 Å². The van der Waals surface area contributed by atoms with Gasteiger partial charge in [0.25, 0.3) is 0 Å². The molecule has 0 radical (unpaired) electrons. The third-order valence-corrected chi connectivity index (χ3v) is 3.47. The van der Waals surface area contributed by atoms with Gasteiger partial charge in [0.2, 0.25) is 0 Å². The molecule has 1 aromatic rings. The van der Waals surface area contributed by atoms with E-state index >= 15 is 0 Å². The van der Waals surface area contributed by atoms with Crippen molar-refractivity contribution in [2.45, 2.75) is 51.4 Å². The predicted molar refractivity (Wildman–Crippen MR) is 80.7 cm³/mol. The molecule has 3 heteroatoms. The van der Waals surface area contributed by atoms with E-state index in [1.807, 2.05) is 12.1 Å². The fraction of sp³-hybridized carbons (Fsp3) is 0.588. The Morgan fingerprint density at radius 3 is 2.10 bits per heavy atom. The van der Waals surface area contributed by atoms with Gasteiger partial charge in [0, 0.05) is 6.61 Å². The molecule has 0 spiro atoms. The topological polar surface area (TPSA) is 46.5 Å². The molecule has 0 amide bonds. The van der Waals surface area contributed by atoms with E-state index in [9.17, 15) is 4.79 Å². The zero-order chi connectivity index (χ0) is 14.6. The predicted octanol–water partition coefficient (Wildman–Crippen LogP) is 3.28. The lowest BCUT2D eigenvalue weighted by Crippen LogP contribution is -2.04. The summed E-state index contributed by atoms with van der Waals surface area (Å²) in [6, 6.07) is 8.22. The first-order valence-corrected chi connectivity index (χ1v) is 7.51. The average molecular weight is 278 g/mol. The highest BCUT2D eigenvalue weighted by molar-refractivity contribution is 5.72. The molecule has 3 nitrogen and oxygen atoms in total. The molecule has 0 saturated carbocycles. The highest BCUT2D eigenvalue weighted by Gasteiger charge is 2.02. The van der Waals surface area contributed by atoms with Gasteiger partial charge in [-0.05, 0) is 30.4 Å². The average Bonchev–Trinajstić information content (AvgIpc) is 2.48. The molecule has 0 bridgehead atoms. The van der Waals surface area contributed by atoms with Crippen molar-refractivity contribution in [1.82, 2.24) is 0 Å². The lowest BCUT2D eigenvalue weighted by Gasteiger charge is -2.04. The van der Waals surface area contributed by atoms with Crippen LogP contribution in [0, 0.1) is 0 Å². The molecule has 20 heavy (non-hydrogen) atoms. The smallest absolute Gasteiger partial charge is 0.309 e. The maximum Gasteiger partial charge on any atom is 0.309 e. The van der Waals surface area contributed by atoms with Gasteiger partial charge < -0.3 is 9.84 Å². The molecule has 0 fully saturated rings. The number of rotatable bonds is 10. The molecule has 112 valence electrons. The maximum atomic E-state index is 11.1. The molecule has 1 rings (SSSR count). The molecule has 1 aromatic carbocycles. The van der Waals surface area contributed by atoms with Gasteiger partial charge in [0.15, 0.2) is 0 Å². The SMILES string of the molecule is COC(=O)Cc1ccc(CCCCCCCCO)cc1. The first-order valence-electron chi connectivity index (χ1n) is 7.51. The first-order chi connectivity index (χ1) is 9.76. The van der Waals surface area contributed by atoms with Gasteiger partial charge in [0.1, 0.15) is 0 Å². The van der Waals surface area contributed by atoms with Gasteiger partial charge >= 0.3 is 5.97 Å². The second-order valence-corrected chi connectivity index (χ2v) is 5.16. The van der Waals surface area contributed by atoms with E-state index in [1.165, 1.54) is 38.4 Å². The van der Waals surface area contributed by atoms with E-state index < -0.39 is 0 Å². The van der Waals surface area contributed by atoms with E-state index in [0.29, 0.717) is 13.0 Å². The molecule has 0 saturated heterocycles. The number of carbonyl (C=O) groups is 1. The van der Waals surface area contributed by atoms with Crippen LogP contribution in [0.4, 0.5) is 0 Å². The third-order valence-electron chi connectivity index (χ3n) is 3.47. The number of hydrogen-bond donors (Lipinski definition) is 1. The van der Waals surface area contributed by atoms with Gasteiger partial charge in [-0.1, -0.05) is 49.9 Å². The summed E-state index contributed by atoms with van der Waals surface area (Å²) >= 11 is 0. The van der Waals surface area contributed by atoms with Crippen LogP contribution in [-0.2, 0) is 22.4 Å². The minimum Gasteiger partial charge on any atom is -0.469 e. The van der Waals surface area contributed by atoms with E-state index in [0.717, 1.165) is 24.8 Å². The normalized spacial score (nSPS) is 10.5. The number of esters is 1. The number of carbonyl (C=O) groups excluding carboxylic acids is 1. The van der Waals surface area contributed by atoms with Gasteiger partial charge in [-0.25, -0.2) is 0 Å². The summed E-state index contributed by atoms with van der Waals surface area (Å²) in [4.78, 5) is 11.1. The Morgan fingerprint density at radius 1 is 0.950 bits per heavy atom. The van der Waals surface area contributed by atoms with Crippen molar-refractivity contribution in [1.29, 1.82) is 0 Å². The lowest BCUT2D eigenvalue weighted by atomic mass is 10.0. The Kier molecular flexibility index (Phi) is 8.72. The molecule has 0 aromatic heterocycles. The number of unbranched alkanes of at least 4 members (excludes halogenated alkanes) is 5. The largest absolute Gasteiger partial charge is 0.469 e. The quantitative estimate of drug-likeness (QED) is 0.528. The van der Waals surface area contributed by atoms with Crippen LogP contribution < -0.4 is 0 Å². The zero-order valence-corrected chi connectivity index (χ0v) is 12.4. The number of aliphatic hydroxyl groups excluding tert-OH is 1. The summed E-state index contributed by atoms with van der Waals surface area (Å²) in [5.41, 5.74) is 2.33. The Labute approximate surface area is 122 Å². The lowest BCUT2D eigenvalue weighted by molar-refractivity contribution is -0.139. The molecule has 1 N–H and O–H groups in total. The molecule has 0 atom stereocenters. The summed E-state index contributed by atoms with van der Waals surface area (Å²) in [6.07, 6.45) is 8.43. The van der Waals surface area contributed by atoms with E-state index in [2.05, 4.69) is 16.9 Å². The summed E-state index contributed by atoms with van der Waals surface area (Å²) < 4.78 is 4.65. The Morgan fingerprint density at radius 2 is 1.50 bits per heavy atom. The Bertz CT molecular complexity index is 370. The number of aryl methyl sites for hydroxylation is 1. The number of aliphatic hydroxyl groups is 1. The summed E-state index contributed by atoms with van der Waals surface area (Å²) in [5.74, 6) is -0.194. The standard InChI is InChI=1S/C17H26O3/c1-20-17(19)14-16-11-9-15(10-12-16)8-6-4-2-3-5-7-13-18/h9-12,18H,2-8,13-14H2,1H3. The molecule has 0 aliphatic rings. The van der Waals surface area contributed by atoms with E-state index in [1.54, 1.807) is 0 Å². The number of methoxy groups -OCH3 is 1. The second kappa shape index (κ2) is 10.4. The molecule has 0 aliphatic carbocycles. The van der Waals surface area contributed by atoms with Gasteiger partial charge in [-0.2, -0.15) is 0 Å². The first kappa shape index (κ1) is 16.7. The summed E-state index contributed by atoms with van der Waals surface area (Å²) in [5, 5.41) is 8.68. The monoisotopic (exact) mass is 278 g/mol. The van der Waals surface area contributed by atoms with Crippen LogP contribution in [-0.4, -0.2) is 24.8 Å². The molecule has 0 heterocycles. The fourth-order valence-corrected chi connectivity index (χ4v) is 2.21. The highest BCUT2D eigenvalue weighted by atomic mass is 16.5. The Balaban J connectivity index is 2.16. The summed E-state index contributed by atoms with van der Waals surface area (Å²) in [6.45, 7) is 0.317. The zero-order valence-electron chi connectivity index (χ0n) is 12.4. The van der Waals surface area contributed by atoms with Crippen molar-refractivity contribution >= 4 is 5.97 Å². The second-order valence-electron chi connectivity index (χ2n) is 5.16. The van der Waals surface area contributed by atoms with Crippen molar-refractivity contribution in [2.24, 2.45) is 0 Å². The minimum atomic E-state index is -0.194. The molecule has 0 aliphatic heterocycles. The maximum absolute atomic E-state index is 11.1. The van der Waals surface area contributed by atoms with Crippen molar-refractivity contribution in [3.8, 4) is 0 Å². The van der Waals surface area contributed by atoms with Crippen LogP contribution in [0.5, 0.6) is 0 Å². The van der Waals surface area contributed by atoms with Crippen molar-refractivity contribution in [3.63, 3.8) is 0 Å². The number of ether oxygens (including phenoxy) is 1. The van der Waals surface area contributed by atoms with Crippen LogP contribution in [0.3, 0.4) is 0 Å². The van der Waals surface area contributed by atoms with Gasteiger partial charge in [0.05, 0.1) is 13.5 Å². The van der Waals surface area contributed by atoms with Crippen LogP contribution in [0.25, 0.3) is 0 Å². The van der Waals surface area contributed by atoms with Crippen LogP contribution in [0.15, 0.2) is 24.3 Å². The highest BCUT2D eigenvalue weighted by Crippen LogP contribution is 2.11. The van der Waals surface area contributed by atoms with Gasteiger partial charge in [-0.3, -0.25) is 4.79 Å². The fourth-order valence-electron chi connectivity index (χ4n) is 2.21.